The number of halogens is 1. The van der Waals surface area contributed by atoms with Gasteiger partial charge in [0, 0.05) is 25.7 Å². The first-order valence-corrected chi connectivity index (χ1v) is 13.4. The number of carbonyl (C=O) groups is 2. The zero-order chi connectivity index (χ0) is 26.2. The Balaban J connectivity index is 1.33. The van der Waals surface area contributed by atoms with Gasteiger partial charge in [-0.3, -0.25) is 14.5 Å². The molecule has 1 N–H and O–H groups in total. The number of nitrogens with one attached hydrogen (secondary N) is 1. The third kappa shape index (κ3) is 7.41. The molecule has 198 valence electrons. The highest BCUT2D eigenvalue weighted by Gasteiger charge is 2.42. The summed E-state index contributed by atoms with van der Waals surface area (Å²) >= 11 is 0. The van der Waals surface area contributed by atoms with Gasteiger partial charge in [-0.2, -0.15) is 0 Å². The number of amides is 2. The summed E-state index contributed by atoms with van der Waals surface area (Å²) in [7, 11) is 0. The van der Waals surface area contributed by atoms with Gasteiger partial charge in [-0.05, 0) is 68.9 Å². The lowest BCUT2D eigenvalue weighted by Crippen LogP contribution is -2.57. The van der Waals surface area contributed by atoms with E-state index in [4.69, 9.17) is 4.74 Å². The van der Waals surface area contributed by atoms with E-state index in [1.807, 2.05) is 6.07 Å². The first-order chi connectivity index (χ1) is 17.9. The van der Waals surface area contributed by atoms with Crippen LogP contribution in [-0.2, 0) is 20.9 Å². The number of hydrogen-bond acceptors (Lipinski definition) is 4. The Morgan fingerprint density at radius 2 is 1.95 bits per heavy atom. The highest BCUT2D eigenvalue weighted by Crippen LogP contribution is 2.33. The fraction of sp³-hybridized carbons (Fsp3) is 0.467. The van der Waals surface area contributed by atoms with E-state index < -0.39 is 0 Å². The summed E-state index contributed by atoms with van der Waals surface area (Å²) < 4.78 is 19.7. The van der Waals surface area contributed by atoms with Crippen molar-refractivity contribution in [1.29, 1.82) is 0 Å². The smallest absolute Gasteiger partial charge is 0.289 e. The third-order valence-electron chi connectivity index (χ3n) is 7.18. The molecule has 2 aromatic carbocycles. The lowest BCUT2D eigenvalue weighted by atomic mass is 9.89. The van der Waals surface area contributed by atoms with Crippen LogP contribution in [0, 0.1) is 5.82 Å². The summed E-state index contributed by atoms with van der Waals surface area (Å²) in [6.07, 6.45) is 5.95. The topological polar surface area (TPSA) is 61.9 Å². The van der Waals surface area contributed by atoms with Gasteiger partial charge in [0.1, 0.15) is 18.5 Å². The molecule has 2 atom stereocenters. The van der Waals surface area contributed by atoms with Crippen LogP contribution >= 0.6 is 0 Å². The van der Waals surface area contributed by atoms with E-state index in [2.05, 4.69) is 48.3 Å². The van der Waals surface area contributed by atoms with Gasteiger partial charge < -0.3 is 15.0 Å². The SMILES string of the molecule is CC(C)N(CCCNC(=O)CN1C(=O)/C(=C\c2cccc(F)c2)OC2CCCCC21)Cc1ccccc1. The van der Waals surface area contributed by atoms with Crippen LogP contribution in [0.4, 0.5) is 4.39 Å². The molecule has 2 aliphatic rings. The lowest BCUT2D eigenvalue weighted by molar-refractivity contribution is -0.151. The molecule has 0 spiro atoms. The van der Waals surface area contributed by atoms with E-state index in [-0.39, 0.29) is 42.1 Å². The van der Waals surface area contributed by atoms with Crippen LogP contribution < -0.4 is 5.32 Å². The molecule has 1 heterocycles. The summed E-state index contributed by atoms with van der Waals surface area (Å²) in [5.74, 6) is -0.667. The second kappa shape index (κ2) is 12.9. The van der Waals surface area contributed by atoms with Gasteiger partial charge in [0.2, 0.25) is 5.91 Å². The predicted octanol–water partition coefficient (Wildman–Crippen LogP) is 4.75. The largest absolute Gasteiger partial charge is 0.482 e. The van der Waals surface area contributed by atoms with Crippen LogP contribution in [-0.4, -0.2) is 59.4 Å². The third-order valence-corrected chi connectivity index (χ3v) is 7.18. The summed E-state index contributed by atoms with van der Waals surface area (Å²) in [6, 6.07) is 16.7. The minimum Gasteiger partial charge on any atom is -0.482 e. The van der Waals surface area contributed by atoms with Crippen molar-refractivity contribution in [2.24, 2.45) is 0 Å². The van der Waals surface area contributed by atoms with Gasteiger partial charge >= 0.3 is 0 Å². The van der Waals surface area contributed by atoms with E-state index >= 15 is 0 Å². The highest BCUT2D eigenvalue weighted by molar-refractivity contribution is 5.98. The standard InChI is InChI=1S/C30H38FN3O3/c1-22(2)33(20-23-10-4-3-5-11-23)17-9-16-32-29(35)21-34-26-14-6-7-15-27(26)37-28(30(34)36)19-24-12-8-13-25(31)18-24/h3-5,8,10-13,18-19,22,26-27H,6-7,9,14-17,20-21H2,1-2H3,(H,32,35)/b28-19+. The van der Waals surface area contributed by atoms with Crippen molar-refractivity contribution in [2.75, 3.05) is 19.6 Å². The van der Waals surface area contributed by atoms with Crippen LogP contribution in [0.2, 0.25) is 0 Å². The number of morpholine rings is 1. The zero-order valence-electron chi connectivity index (χ0n) is 21.9. The summed E-state index contributed by atoms with van der Waals surface area (Å²) in [4.78, 5) is 30.3. The number of fused-ring (bicyclic) bond motifs is 1. The van der Waals surface area contributed by atoms with E-state index in [1.54, 1.807) is 23.1 Å². The van der Waals surface area contributed by atoms with Crippen molar-refractivity contribution in [3.63, 3.8) is 0 Å². The Morgan fingerprint density at radius 1 is 1.16 bits per heavy atom. The summed E-state index contributed by atoms with van der Waals surface area (Å²) in [5, 5.41) is 3.01. The number of nitrogens with zero attached hydrogens (tertiary/aromatic N) is 2. The zero-order valence-corrected chi connectivity index (χ0v) is 21.9. The summed E-state index contributed by atoms with van der Waals surface area (Å²) in [6.45, 7) is 6.66. The Labute approximate surface area is 219 Å². The molecule has 6 nitrogen and oxygen atoms in total. The number of hydrogen-bond donors (Lipinski definition) is 1. The molecule has 0 radical (unpaired) electrons. The van der Waals surface area contributed by atoms with Gasteiger partial charge in [0.15, 0.2) is 5.76 Å². The Kier molecular flexibility index (Phi) is 9.34. The molecule has 2 fully saturated rings. The average molecular weight is 508 g/mol. The van der Waals surface area contributed by atoms with E-state index in [0.29, 0.717) is 18.2 Å². The second-order valence-corrected chi connectivity index (χ2v) is 10.3. The maximum atomic E-state index is 13.7. The minimum absolute atomic E-state index is 0.00175. The van der Waals surface area contributed by atoms with Gasteiger partial charge in [0.05, 0.1) is 6.04 Å². The molecule has 37 heavy (non-hydrogen) atoms. The molecule has 2 amide bonds. The Bertz CT molecular complexity index is 1090. The van der Waals surface area contributed by atoms with Gasteiger partial charge in [-0.15, -0.1) is 0 Å². The lowest BCUT2D eigenvalue weighted by Gasteiger charge is -2.44. The molecule has 4 rings (SSSR count). The van der Waals surface area contributed by atoms with Crippen LogP contribution in [0.3, 0.4) is 0 Å². The molecular formula is C30H38FN3O3. The summed E-state index contributed by atoms with van der Waals surface area (Å²) in [5.41, 5.74) is 1.84. The molecule has 2 unspecified atom stereocenters. The second-order valence-electron chi connectivity index (χ2n) is 10.3. The minimum atomic E-state index is -0.371. The van der Waals surface area contributed by atoms with E-state index in [0.717, 1.165) is 45.2 Å². The van der Waals surface area contributed by atoms with Crippen molar-refractivity contribution in [2.45, 2.75) is 70.7 Å². The number of benzene rings is 2. The molecule has 0 bridgehead atoms. The van der Waals surface area contributed by atoms with Crippen LogP contribution in [0.25, 0.3) is 6.08 Å². The first kappa shape index (κ1) is 26.9. The Morgan fingerprint density at radius 3 is 2.70 bits per heavy atom. The molecule has 1 saturated heterocycles. The van der Waals surface area contributed by atoms with E-state index in [9.17, 15) is 14.0 Å². The molecule has 0 aromatic heterocycles. The molecule has 7 heteroatoms. The van der Waals surface area contributed by atoms with Crippen molar-refractivity contribution >= 4 is 17.9 Å². The number of ether oxygens (including phenoxy) is 1. The van der Waals surface area contributed by atoms with Crippen LogP contribution in [0.15, 0.2) is 60.4 Å². The molecule has 1 saturated carbocycles. The number of rotatable bonds is 10. The van der Waals surface area contributed by atoms with Crippen molar-refractivity contribution in [3.05, 3.63) is 77.3 Å². The Hall–Kier alpha value is -3.19. The van der Waals surface area contributed by atoms with Gasteiger partial charge in [-0.1, -0.05) is 48.9 Å². The molecular weight excluding hydrogens is 469 g/mol. The fourth-order valence-corrected chi connectivity index (χ4v) is 5.17. The number of carbonyl (C=O) groups excluding carboxylic acids is 2. The average Bonchev–Trinajstić information content (AvgIpc) is 2.89. The monoisotopic (exact) mass is 507 g/mol. The molecule has 1 aliphatic carbocycles. The maximum absolute atomic E-state index is 13.7. The van der Waals surface area contributed by atoms with Gasteiger partial charge in [-0.25, -0.2) is 4.39 Å². The van der Waals surface area contributed by atoms with Gasteiger partial charge in [0.25, 0.3) is 5.91 Å². The highest BCUT2D eigenvalue weighted by atomic mass is 19.1. The molecule has 2 aromatic rings. The molecule has 1 aliphatic heterocycles. The first-order valence-electron chi connectivity index (χ1n) is 13.4. The van der Waals surface area contributed by atoms with Crippen molar-refractivity contribution in [1.82, 2.24) is 15.1 Å². The normalized spacial score (nSPS) is 20.7. The fourth-order valence-electron chi connectivity index (χ4n) is 5.17. The van der Waals surface area contributed by atoms with Crippen molar-refractivity contribution in [3.8, 4) is 0 Å². The maximum Gasteiger partial charge on any atom is 0.289 e. The quantitative estimate of drug-likeness (QED) is 0.372. The van der Waals surface area contributed by atoms with Crippen LogP contribution in [0.5, 0.6) is 0 Å². The van der Waals surface area contributed by atoms with Crippen molar-refractivity contribution < 1.29 is 18.7 Å². The predicted molar refractivity (Wildman–Crippen MR) is 143 cm³/mol. The van der Waals surface area contributed by atoms with E-state index in [1.165, 1.54) is 17.7 Å². The van der Waals surface area contributed by atoms with Crippen LogP contribution in [0.1, 0.15) is 57.1 Å².